The number of ether oxygens (including phenoxy) is 1. The van der Waals surface area contributed by atoms with Crippen LogP contribution in [0.15, 0.2) is 0 Å². The van der Waals surface area contributed by atoms with E-state index >= 15 is 0 Å². The number of piperidine rings is 1. The van der Waals surface area contributed by atoms with Gasteiger partial charge in [0.1, 0.15) is 12.2 Å². The van der Waals surface area contributed by atoms with E-state index in [9.17, 15) is 5.11 Å². The van der Waals surface area contributed by atoms with Crippen molar-refractivity contribution in [2.24, 2.45) is 0 Å². The Morgan fingerprint density at radius 1 is 1.27 bits per heavy atom. The quantitative estimate of drug-likeness (QED) is 0.483. The molecule has 4 unspecified atom stereocenters. The lowest BCUT2D eigenvalue weighted by molar-refractivity contribution is 0.00149. The van der Waals surface area contributed by atoms with E-state index in [2.05, 4.69) is 11.9 Å². The summed E-state index contributed by atoms with van der Waals surface area (Å²) in [6.07, 6.45) is 2.67. The predicted molar refractivity (Wildman–Crippen MR) is 39.2 cm³/mol. The largest absolute Gasteiger partial charge is 0.393 e. The summed E-state index contributed by atoms with van der Waals surface area (Å²) in [6, 6.07) is 1.02. The van der Waals surface area contributed by atoms with Crippen molar-refractivity contribution in [3.05, 3.63) is 0 Å². The molecule has 3 aliphatic heterocycles. The third-order valence-corrected chi connectivity index (χ3v) is 3.39. The van der Waals surface area contributed by atoms with Crippen molar-refractivity contribution in [3.8, 4) is 0 Å². The summed E-state index contributed by atoms with van der Waals surface area (Å²) in [6.45, 7) is 0. The molecule has 5 atom stereocenters. The lowest BCUT2D eigenvalue weighted by Gasteiger charge is -2.36. The normalized spacial score (nSPS) is 61.1. The molecule has 3 fully saturated rings. The molecule has 3 saturated heterocycles. The monoisotopic (exact) mass is 155 g/mol. The van der Waals surface area contributed by atoms with Gasteiger partial charge in [-0.15, -0.1) is 0 Å². The number of fused-ring (bicyclic) bond motifs is 5. The molecule has 11 heavy (non-hydrogen) atoms. The molecule has 0 aromatic carbocycles. The second-order valence-corrected chi connectivity index (χ2v) is 3.99. The molecule has 0 aliphatic carbocycles. The SMILES string of the molecule is CN1C2CC(O)CC1[C@@H]1OC21. The zero-order valence-electron chi connectivity index (χ0n) is 6.60. The molecular formula is C8H13NO2. The van der Waals surface area contributed by atoms with E-state index in [1.165, 1.54) is 0 Å². The predicted octanol–water partition coefficient (Wildman–Crippen LogP) is -0.409. The Morgan fingerprint density at radius 2 is 1.82 bits per heavy atom. The Bertz CT molecular complexity index is 179. The van der Waals surface area contributed by atoms with Crippen molar-refractivity contribution in [1.82, 2.24) is 4.90 Å². The second kappa shape index (κ2) is 1.79. The van der Waals surface area contributed by atoms with E-state index in [-0.39, 0.29) is 6.10 Å². The van der Waals surface area contributed by atoms with Crippen LogP contribution >= 0.6 is 0 Å². The molecule has 0 aromatic rings. The van der Waals surface area contributed by atoms with Crippen LogP contribution < -0.4 is 0 Å². The van der Waals surface area contributed by atoms with Gasteiger partial charge < -0.3 is 9.84 Å². The van der Waals surface area contributed by atoms with Crippen molar-refractivity contribution in [3.63, 3.8) is 0 Å². The van der Waals surface area contributed by atoms with Gasteiger partial charge in [-0.1, -0.05) is 0 Å². The molecular weight excluding hydrogens is 142 g/mol. The Hall–Kier alpha value is -0.120. The molecule has 0 amide bonds. The van der Waals surface area contributed by atoms with Crippen molar-refractivity contribution in [2.75, 3.05) is 7.05 Å². The molecule has 0 radical (unpaired) electrons. The number of rotatable bonds is 0. The molecule has 0 aromatic heterocycles. The highest BCUT2D eigenvalue weighted by atomic mass is 16.6. The van der Waals surface area contributed by atoms with Crippen molar-refractivity contribution < 1.29 is 9.84 Å². The van der Waals surface area contributed by atoms with Gasteiger partial charge in [-0.2, -0.15) is 0 Å². The zero-order valence-corrected chi connectivity index (χ0v) is 6.60. The molecule has 62 valence electrons. The molecule has 3 rings (SSSR count). The van der Waals surface area contributed by atoms with E-state index < -0.39 is 0 Å². The van der Waals surface area contributed by atoms with Crippen LogP contribution in [0.5, 0.6) is 0 Å². The maximum atomic E-state index is 9.46. The van der Waals surface area contributed by atoms with Crippen LogP contribution in [0.2, 0.25) is 0 Å². The fourth-order valence-corrected chi connectivity index (χ4v) is 2.72. The Kier molecular flexibility index (Phi) is 1.04. The Balaban J connectivity index is 1.90. The summed E-state index contributed by atoms with van der Waals surface area (Å²) in [4.78, 5) is 2.38. The van der Waals surface area contributed by atoms with Gasteiger partial charge in [0, 0.05) is 12.1 Å². The van der Waals surface area contributed by atoms with Crippen LogP contribution in [0.25, 0.3) is 0 Å². The van der Waals surface area contributed by atoms with Crippen LogP contribution in [0, 0.1) is 0 Å². The minimum absolute atomic E-state index is 0.0717. The summed E-state index contributed by atoms with van der Waals surface area (Å²) >= 11 is 0. The van der Waals surface area contributed by atoms with Crippen LogP contribution in [0.1, 0.15) is 12.8 Å². The van der Waals surface area contributed by atoms with Gasteiger partial charge in [0.25, 0.3) is 0 Å². The Labute approximate surface area is 65.9 Å². The zero-order chi connectivity index (χ0) is 7.59. The molecule has 1 N–H and O–H groups in total. The minimum Gasteiger partial charge on any atom is -0.393 e. The van der Waals surface area contributed by atoms with E-state index in [1.807, 2.05) is 0 Å². The number of epoxide rings is 1. The van der Waals surface area contributed by atoms with Crippen molar-refractivity contribution in [1.29, 1.82) is 0 Å². The van der Waals surface area contributed by atoms with E-state index in [0.29, 0.717) is 24.3 Å². The second-order valence-electron chi connectivity index (χ2n) is 3.99. The first-order valence-electron chi connectivity index (χ1n) is 4.33. The summed E-state index contributed by atoms with van der Waals surface area (Å²) in [7, 11) is 2.15. The van der Waals surface area contributed by atoms with Gasteiger partial charge in [0.05, 0.1) is 6.10 Å². The van der Waals surface area contributed by atoms with Gasteiger partial charge in [0.2, 0.25) is 0 Å². The summed E-state index contributed by atoms with van der Waals surface area (Å²) in [5.41, 5.74) is 0. The molecule has 2 bridgehead atoms. The molecule has 3 nitrogen and oxygen atoms in total. The van der Waals surface area contributed by atoms with Crippen molar-refractivity contribution in [2.45, 2.75) is 43.2 Å². The smallest absolute Gasteiger partial charge is 0.101 e. The van der Waals surface area contributed by atoms with Gasteiger partial charge in [0.15, 0.2) is 0 Å². The van der Waals surface area contributed by atoms with Gasteiger partial charge in [-0.05, 0) is 19.9 Å². The summed E-state index contributed by atoms with van der Waals surface area (Å²) in [5, 5.41) is 9.46. The summed E-state index contributed by atoms with van der Waals surface area (Å²) < 4.78 is 5.49. The topological polar surface area (TPSA) is 36.0 Å². The Morgan fingerprint density at radius 3 is 2.36 bits per heavy atom. The van der Waals surface area contributed by atoms with Crippen LogP contribution in [0.3, 0.4) is 0 Å². The average molecular weight is 155 g/mol. The van der Waals surface area contributed by atoms with Crippen LogP contribution in [0.4, 0.5) is 0 Å². The number of morpholine rings is 1. The average Bonchev–Trinajstić information content (AvgIpc) is 2.66. The fourth-order valence-electron chi connectivity index (χ4n) is 2.72. The highest BCUT2D eigenvalue weighted by molar-refractivity contribution is 5.13. The third kappa shape index (κ3) is 0.687. The lowest BCUT2D eigenvalue weighted by Crippen LogP contribution is -2.46. The highest BCUT2D eigenvalue weighted by Crippen LogP contribution is 2.47. The first-order chi connectivity index (χ1) is 5.27. The van der Waals surface area contributed by atoms with Gasteiger partial charge in [-0.25, -0.2) is 0 Å². The maximum Gasteiger partial charge on any atom is 0.101 e. The molecule has 0 saturated carbocycles. The number of aliphatic hydroxyl groups excluding tert-OH is 1. The number of hydrogen-bond acceptors (Lipinski definition) is 3. The summed E-state index contributed by atoms with van der Waals surface area (Å²) in [5.74, 6) is 0. The number of nitrogens with zero attached hydrogens (tertiary/aromatic N) is 1. The highest BCUT2D eigenvalue weighted by Gasteiger charge is 2.62. The molecule has 3 heteroatoms. The van der Waals surface area contributed by atoms with E-state index in [4.69, 9.17) is 4.74 Å². The maximum absolute atomic E-state index is 9.46. The van der Waals surface area contributed by atoms with Crippen LogP contribution in [-0.4, -0.2) is 47.4 Å². The standard InChI is InChI=1S/C8H13NO2/c1-9-5-2-4(10)3-6(9)8-7(5)11-8/h4-8,10H,2-3H2,1H3/t4?,5?,6?,7-,8?/m0/s1. The first kappa shape index (κ1) is 6.40. The minimum atomic E-state index is -0.0717. The first-order valence-corrected chi connectivity index (χ1v) is 4.33. The molecule has 0 spiro atoms. The van der Waals surface area contributed by atoms with Gasteiger partial charge >= 0.3 is 0 Å². The lowest BCUT2D eigenvalue weighted by atomic mass is 10.00. The molecule has 3 aliphatic rings. The van der Waals surface area contributed by atoms with Crippen LogP contribution in [-0.2, 0) is 4.74 Å². The van der Waals surface area contributed by atoms with Gasteiger partial charge in [-0.3, -0.25) is 4.90 Å². The van der Waals surface area contributed by atoms with E-state index in [1.54, 1.807) is 0 Å². The molecule has 3 heterocycles. The number of hydrogen-bond donors (Lipinski definition) is 1. The fraction of sp³-hybridized carbons (Fsp3) is 1.00. The van der Waals surface area contributed by atoms with Crippen molar-refractivity contribution >= 4 is 0 Å². The third-order valence-electron chi connectivity index (χ3n) is 3.39. The number of aliphatic hydroxyl groups is 1. The van der Waals surface area contributed by atoms with E-state index in [0.717, 1.165) is 12.8 Å². The number of likely N-dealkylation sites (N-methyl/N-ethyl adjacent to an activating group) is 1.